The zero-order valence-electron chi connectivity index (χ0n) is 3.66. The summed E-state index contributed by atoms with van der Waals surface area (Å²) in [5, 5.41) is 0. The average molecular weight is 174 g/mol. The molecule has 0 heterocycles. The zero-order valence-corrected chi connectivity index (χ0v) is 8.11. The Hall–Kier alpha value is 1.36. The topological polar surface area (TPSA) is 66.8 Å². The molecule has 4 nitrogen and oxygen atoms in total. The van der Waals surface area contributed by atoms with Gasteiger partial charge >= 0.3 is 24.4 Å². The molecule has 0 atom stereocenters. The third-order valence-electron chi connectivity index (χ3n) is 0.238. The number of phosphoric acid groups is 1. The monoisotopic (exact) mass is 174 g/mol. The Morgan fingerprint density at radius 2 is 1.71 bits per heavy atom. The van der Waals surface area contributed by atoms with E-state index in [1.54, 1.807) is 0 Å². The Morgan fingerprint density at radius 3 is 1.71 bits per heavy atom. The molecule has 0 bridgehead atoms. The third-order valence-corrected chi connectivity index (χ3v) is 2.14. The summed E-state index contributed by atoms with van der Waals surface area (Å²) in [5.74, 6) is 0. The Kier molecular flexibility index (Phi) is 6.81. The van der Waals surface area contributed by atoms with Crippen LogP contribution < -0.4 is 0 Å². The van der Waals surface area contributed by atoms with Crippen molar-refractivity contribution < 1.29 is 39.6 Å². The maximum absolute atomic E-state index is 9.51. The Morgan fingerprint density at radius 1 is 1.57 bits per heavy atom. The van der Waals surface area contributed by atoms with Gasteiger partial charge in [0.2, 0.25) is 0 Å². The van der Waals surface area contributed by atoms with Crippen molar-refractivity contribution in [1.29, 1.82) is 0 Å². The van der Waals surface area contributed by atoms with E-state index in [1.165, 1.54) is 0 Å². The molecule has 0 aromatic heterocycles. The number of hydrogen-bond acceptors (Lipinski definition) is 2. The molecule has 0 aliphatic carbocycles. The standard InChI is InChI=1S/Al.H3O4P.Ti.2H/c;1-5(2,3)4;;;/h;(H3,1,2,3,4);;;/q+1;;;;/p-1. The zero-order chi connectivity index (χ0) is 5.21. The fraction of sp³-hybridized carbons (Fsp3) is 0. The van der Waals surface area contributed by atoms with E-state index in [0.717, 1.165) is 0 Å². The number of rotatable bonds is 1. The van der Waals surface area contributed by atoms with Crippen LogP contribution in [0.1, 0.15) is 0 Å². The fourth-order valence-electron chi connectivity index (χ4n) is 0. The predicted molar refractivity (Wildman–Crippen MR) is 21.7 cm³/mol. The van der Waals surface area contributed by atoms with Gasteiger partial charge in [-0.2, -0.15) is 0 Å². The summed E-state index contributed by atoms with van der Waals surface area (Å²) in [4.78, 5) is 15.5. The maximum Gasteiger partial charge on any atom is 0.441 e. The molecular formula is H4AlO4PTi. The predicted octanol–water partition coefficient (Wildman–Crippen LogP) is -1.36. The molecule has 0 aliphatic heterocycles. The van der Waals surface area contributed by atoms with Crippen molar-refractivity contribution in [2.45, 2.75) is 0 Å². The fourth-order valence-corrected chi connectivity index (χ4v) is 0. The first kappa shape index (κ1) is 11.2. The third kappa shape index (κ3) is 11.1. The van der Waals surface area contributed by atoms with Gasteiger partial charge < -0.3 is 13.4 Å². The van der Waals surface area contributed by atoms with E-state index in [1.807, 2.05) is 0 Å². The summed E-state index contributed by atoms with van der Waals surface area (Å²) in [6.45, 7) is 0. The SMILES string of the molecule is O=P(O)(O)[O][AlH2].[Ti]. The molecule has 0 radical (unpaired) electrons. The average Bonchev–Trinajstić information content (AvgIpc) is 1.35. The van der Waals surface area contributed by atoms with Gasteiger partial charge in [0.1, 0.15) is 0 Å². The Labute approximate surface area is 64.1 Å². The Bertz CT molecular complexity index is 75.8. The molecule has 0 saturated heterocycles. The minimum Gasteiger partial charge on any atom is -0.423 e. The van der Waals surface area contributed by atoms with Gasteiger partial charge in [-0.25, -0.2) is 4.57 Å². The summed E-state index contributed by atoms with van der Waals surface area (Å²) >= 11 is 0.0849. The molecule has 0 fully saturated rings. The van der Waals surface area contributed by atoms with Crippen LogP contribution in [0.5, 0.6) is 0 Å². The molecule has 7 heteroatoms. The molecule has 0 amide bonds. The Balaban J connectivity index is 0. The van der Waals surface area contributed by atoms with Crippen molar-refractivity contribution >= 4 is 24.4 Å². The number of hydrogen-bond donors (Lipinski definition) is 2. The molecule has 0 spiro atoms. The molecule has 0 aliphatic rings. The summed E-state index contributed by atoms with van der Waals surface area (Å²) in [7, 11) is -4.08. The molecular weight excluding hydrogens is 170 g/mol. The summed E-state index contributed by atoms with van der Waals surface area (Å²) in [6, 6.07) is 0. The molecule has 40 valence electrons. The van der Waals surface area contributed by atoms with Gasteiger partial charge in [-0.1, -0.05) is 0 Å². The van der Waals surface area contributed by atoms with Gasteiger partial charge in [-0.05, 0) is 0 Å². The molecule has 0 aromatic carbocycles. The first-order valence-electron chi connectivity index (χ1n) is 1.17. The molecule has 0 saturated carbocycles. The minimum absolute atomic E-state index is 0. The van der Waals surface area contributed by atoms with Crippen molar-refractivity contribution in [2.75, 3.05) is 0 Å². The second-order valence-corrected chi connectivity index (χ2v) is 3.11. The maximum atomic E-state index is 9.51. The minimum atomic E-state index is -4.08. The van der Waals surface area contributed by atoms with Crippen LogP contribution in [0.3, 0.4) is 0 Å². The van der Waals surface area contributed by atoms with Crippen LogP contribution in [0, 0.1) is 0 Å². The smallest absolute Gasteiger partial charge is 0.423 e. The van der Waals surface area contributed by atoms with Crippen LogP contribution in [0.4, 0.5) is 0 Å². The molecule has 0 rings (SSSR count). The van der Waals surface area contributed by atoms with Crippen molar-refractivity contribution in [3.8, 4) is 0 Å². The first-order valence-corrected chi connectivity index (χ1v) is 3.52. The van der Waals surface area contributed by atoms with Crippen molar-refractivity contribution in [3.05, 3.63) is 0 Å². The van der Waals surface area contributed by atoms with E-state index in [9.17, 15) is 4.57 Å². The molecule has 0 unspecified atom stereocenters. The van der Waals surface area contributed by atoms with E-state index >= 15 is 0 Å². The van der Waals surface area contributed by atoms with Crippen LogP contribution in [0.2, 0.25) is 0 Å². The van der Waals surface area contributed by atoms with Crippen LogP contribution in [0.25, 0.3) is 0 Å². The van der Waals surface area contributed by atoms with Crippen LogP contribution in [0.15, 0.2) is 0 Å². The summed E-state index contributed by atoms with van der Waals surface area (Å²) in [6.07, 6.45) is 0. The van der Waals surface area contributed by atoms with Crippen molar-refractivity contribution in [2.24, 2.45) is 0 Å². The van der Waals surface area contributed by atoms with Crippen LogP contribution in [-0.2, 0) is 29.9 Å². The van der Waals surface area contributed by atoms with E-state index < -0.39 is 7.82 Å². The van der Waals surface area contributed by atoms with Gasteiger partial charge in [0.05, 0.1) is 0 Å². The van der Waals surface area contributed by atoms with E-state index in [4.69, 9.17) is 9.79 Å². The second kappa shape index (κ2) is 4.26. The van der Waals surface area contributed by atoms with E-state index in [0.29, 0.717) is 0 Å². The summed E-state index contributed by atoms with van der Waals surface area (Å²) < 4.78 is 13.2. The van der Waals surface area contributed by atoms with E-state index in [2.05, 4.69) is 3.58 Å². The molecule has 0 aromatic rings. The largest absolute Gasteiger partial charge is 0.441 e. The van der Waals surface area contributed by atoms with Crippen molar-refractivity contribution in [1.82, 2.24) is 0 Å². The molecule has 7 heavy (non-hydrogen) atoms. The van der Waals surface area contributed by atoms with E-state index in [-0.39, 0.29) is 38.3 Å². The van der Waals surface area contributed by atoms with Gasteiger partial charge in [0.15, 0.2) is 0 Å². The van der Waals surface area contributed by atoms with Crippen LogP contribution in [-0.4, -0.2) is 26.4 Å². The summed E-state index contributed by atoms with van der Waals surface area (Å²) in [5.41, 5.74) is 0. The van der Waals surface area contributed by atoms with Gasteiger partial charge in [-0.3, -0.25) is 0 Å². The second-order valence-electron chi connectivity index (χ2n) is 0.673. The van der Waals surface area contributed by atoms with Gasteiger partial charge in [-0.15, -0.1) is 0 Å². The normalized spacial score (nSPS) is 10.0. The van der Waals surface area contributed by atoms with Crippen molar-refractivity contribution in [3.63, 3.8) is 0 Å². The van der Waals surface area contributed by atoms with Gasteiger partial charge in [0.25, 0.3) is 0 Å². The van der Waals surface area contributed by atoms with Gasteiger partial charge in [0, 0.05) is 21.7 Å². The quantitative estimate of drug-likeness (QED) is 0.380. The van der Waals surface area contributed by atoms with Crippen LogP contribution >= 0.6 is 7.82 Å². The first-order chi connectivity index (χ1) is 2.56. The molecule has 2 N–H and O–H groups in total.